The third-order valence-corrected chi connectivity index (χ3v) is 7.21. The van der Waals surface area contributed by atoms with Crippen LogP contribution in [0.4, 0.5) is 29.1 Å². The van der Waals surface area contributed by atoms with Crippen LogP contribution in [0.15, 0.2) is 24.9 Å². The highest BCUT2D eigenvalue weighted by Gasteiger charge is 2.22. The Morgan fingerprint density at radius 2 is 1.86 bits per heavy atom. The van der Waals surface area contributed by atoms with Crippen LogP contribution in [0, 0.1) is 18.3 Å². The molecule has 44 heavy (non-hydrogen) atoms. The van der Waals surface area contributed by atoms with Crippen molar-refractivity contribution >= 4 is 62.9 Å². The fraction of sp³-hybridized carbons (Fsp3) is 0.333. The molecule has 0 bridgehead atoms. The van der Waals surface area contributed by atoms with E-state index in [1.807, 2.05) is 20.2 Å². The number of hydrogen-bond acceptors (Lipinski definition) is 12. The first kappa shape index (κ1) is 28.7. The molecule has 17 heteroatoms. The number of nitrogens with zero attached hydrogens (tertiary/aromatic N) is 10. The number of halogens is 1. The van der Waals surface area contributed by atoms with E-state index in [4.69, 9.17) is 16.3 Å². The van der Waals surface area contributed by atoms with Crippen molar-refractivity contribution in [3.8, 4) is 11.9 Å². The molecule has 6 aromatic rings. The molecule has 0 amide bonds. The molecule has 0 atom stereocenters. The number of imidazole rings is 1. The predicted molar refractivity (Wildman–Crippen MR) is 166 cm³/mol. The number of hydrogen-bond donors (Lipinski definition) is 5. The zero-order valence-electron chi connectivity index (χ0n) is 24.7. The molecule has 226 valence electrons. The van der Waals surface area contributed by atoms with Crippen molar-refractivity contribution in [3.05, 3.63) is 41.3 Å². The molecule has 6 heterocycles. The summed E-state index contributed by atoms with van der Waals surface area (Å²) in [6.45, 7) is 5.79. The maximum atomic E-state index is 9.48. The van der Waals surface area contributed by atoms with Gasteiger partial charge in [-0.05, 0) is 33.6 Å². The van der Waals surface area contributed by atoms with Gasteiger partial charge in [-0.25, -0.2) is 4.98 Å². The van der Waals surface area contributed by atoms with Crippen molar-refractivity contribution in [1.29, 1.82) is 5.26 Å². The van der Waals surface area contributed by atoms with Crippen molar-refractivity contribution in [2.24, 2.45) is 7.05 Å². The third-order valence-electron chi connectivity index (χ3n) is 6.91. The minimum atomic E-state index is -0.804. The summed E-state index contributed by atoms with van der Waals surface area (Å²) in [7, 11) is 3.64. The van der Waals surface area contributed by atoms with Crippen LogP contribution in [0.3, 0.4) is 0 Å². The summed E-state index contributed by atoms with van der Waals surface area (Å²) in [5.74, 6) is 1.68. The highest BCUT2D eigenvalue weighted by molar-refractivity contribution is 6.36. The molecular weight excluding hydrogens is 586 g/mol. The zero-order chi connectivity index (χ0) is 31.0. The van der Waals surface area contributed by atoms with Gasteiger partial charge in [0, 0.05) is 26.5 Å². The van der Waals surface area contributed by atoms with Crippen molar-refractivity contribution < 1.29 is 4.74 Å². The SMILES string of the molecule is CNc1nc(Nc2cn(C)nc2CCCOc2nc(Nc3cn(C(C)(C)C#N)nc3C)nc3nc[nH]c23)nc2[nH]cc(Cl)c12. The summed E-state index contributed by atoms with van der Waals surface area (Å²) < 4.78 is 9.44. The molecule has 16 nitrogen and oxygen atoms in total. The number of rotatable bonds is 11. The molecule has 0 fully saturated rings. The molecule has 0 aromatic carbocycles. The van der Waals surface area contributed by atoms with E-state index in [1.54, 1.807) is 49.0 Å². The van der Waals surface area contributed by atoms with Crippen LogP contribution in [-0.4, -0.2) is 68.1 Å². The van der Waals surface area contributed by atoms with E-state index in [0.717, 1.165) is 16.8 Å². The van der Waals surface area contributed by atoms with E-state index in [2.05, 4.69) is 67.1 Å². The van der Waals surface area contributed by atoms with Gasteiger partial charge in [0.2, 0.25) is 17.8 Å². The fourth-order valence-electron chi connectivity index (χ4n) is 4.59. The van der Waals surface area contributed by atoms with Crippen LogP contribution in [0.1, 0.15) is 31.7 Å². The number of H-pyrrole nitrogens is 2. The first-order valence-corrected chi connectivity index (χ1v) is 14.1. The third kappa shape index (κ3) is 5.52. The quantitative estimate of drug-likeness (QED) is 0.129. The Morgan fingerprint density at radius 3 is 2.66 bits per heavy atom. The Hall–Kier alpha value is -5.43. The van der Waals surface area contributed by atoms with Crippen LogP contribution in [-0.2, 0) is 19.0 Å². The lowest BCUT2D eigenvalue weighted by Crippen LogP contribution is -2.24. The molecule has 0 unspecified atom stereocenters. The van der Waals surface area contributed by atoms with Crippen molar-refractivity contribution in [1.82, 2.24) is 54.4 Å². The molecule has 5 N–H and O–H groups in total. The lowest BCUT2D eigenvalue weighted by Gasteiger charge is -2.15. The zero-order valence-corrected chi connectivity index (χ0v) is 25.4. The van der Waals surface area contributed by atoms with E-state index in [0.29, 0.717) is 76.3 Å². The maximum absolute atomic E-state index is 9.48. The summed E-state index contributed by atoms with van der Waals surface area (Å²) in [6, 6.07) is 2.24. The van der Waals surface area contributed by atoms with Gasteiger partial charge in [0.1, 0.15) is 22.5 Å². The maximum Gasteiger partial charge on any atom is 0.245 e. The van der Waals surface area contributed by atoms with Crippen molar-refractivity contribution in [2.45, 2.75) is 39.2 Å². The van der Waals surface area contributed by atoms with Gasteiger partial charge in [-0.1, -0.05) is 11.6 Å². The fourth-order valence-corrected chi connectivity index (χ4v) is 4.83. The lowest BCUT2D eigenvalue weighted by molar-refractivity contribution is 0.302. The number of ether oxygens (including phenoxy) is 1. The van der Waals surface area contributed by atoms with E-state index in [9.17, 15) is 5.26 Å². The van der Waals surface area contributed by atoms with Gasteiger partial charge >= 0.3 is 0 Å². The standard InChI is InChI=1S/C27H30ClN15O/c1-14-17(11-43(40-14)27(2,3)12-29)34-26-38-23-20(32-13-33-23)24(39-26)44-8-6-7-16-18(10-42(5)41-16)35-25-36-21(30-4)19-15(28)9-31-22(19)37-25/h9-11,13H,6-8H2,1-5H3,(H3,30,31,35,36,37)(H2,32,33,34,38,39). The summed E-state index contributed by atoms with van der Waals surface area (Å²) in [6.07, 6.45) is 8.13. The number of anilines is 5. The van der Waals surface area contributed by atoms with E-state index in [-0.39, 0.29) is 0 Å². The van der Waals surface area contributed by atoms with Crippen molar-refractivity contribution in [2.75, 3.05) is 29.6 Å². The smallest absolute Gasteiger partial charge is 0.245 e. The van der Waals surface area contributed by atoms with Crippen LogP contribution in [0.2, 0.25) is 5.02 Å². The monoisotopic (exact) mass is 615 g/mol. The topological polar surface area (TPSA) is 201 Å². The lowest BCUT2D eigenvalue weighted by atomic mass is 10.1. The molecule has 0 aliphatic heterocycles. The highest BCUT2D eigenvalue weighted by atomic mass is 35.5. The largest absolute Gasteiger partial charge is 0.476 e. The van der Waals surface area contributed by atoms with Gasteiger partial charge in [-0.2, -0.15) is 35.4 Å². The Labute approximate surface area is 256 Å². The summed E-state index contributed by atoms with van der Waals surface area (Å²) in [5, 5.41) is 29.4. The predicted octanol–water partition coefficient (Wildman–Crippen LogP) is 4.32. The van der Waals surface area contributed by atoms with Gasteiger partial charge in [-0.15, -0.1) is 0 Å². The first-order valence-electron chi connectivity index (χ1n) is 13.8. The van der Waals surface area contributed by atoms with Gasteiger partial charge in [0.15, 0.2) is 5.65 Å². The minimum absolute atomic E-state index is 0.300. The molecule has 6 rings (SSSR count). The number of fused-ring (bicyclic) bond motifs is 2. The minimum Gasteiger partial charge on any atom is -0.476 e. The second kappa shape index (κ2) is 11.3. The normalized spacial score (nSPS) is 11.7. The molecule has 0 spiro atoms. The van der Waals surface area contributed by atoms with E-state index >= 15 is 0 Å². The van der Waals surface area contributed by atoms with Gasteiger partial charge in [-0.3, -0.25) is 9.36 Å². The second-order valence-corrected chi connectivity index (χ2v) is 11.0. The second-order valence-electron chi connectivity index (χ2n) is 10.6. The van der Waals surface area contributed by atoms with Crippen LogP contribution < -0.4 is 20.7 Å². The number of nitrogens with one attached hydrogen (secondary N) is 5. The van der Waals surface area contributed by atoms with Crippen LogP contribution in [0.5, 0.6) is 5.88 Å². The van der Waals surface area contributed by atoms with Crippen molar-refractivity contribution in [3.63, 3.8) is 0 Å². The number of aryl methyl sites for hydroxylation is 3. The average Bonchev–Trinajstić information content (AvgIpc) is 3.78. The summed E-state index contributed by atoms with van der Waals surface area (Å²) in [5.41, 5.74) is 3.85. The van der Waals surface area contributed by atoms with Gasteiger partial charge < -0.3 is 30.7 Å². The Morgan fingerprint density at radius 1 is 1.07 bits per heavy atom. The van der Waals surface area contributed by atoms with Crippen LogP contribution >= 0.6 is 11.6 Å². The molecule has 0 aliphatic rings. The molecule has 0 saturated carbocycles. The number of aromatic nitrogens is 11. The molecule has 0 radical (unpaired) electrons. The molecular formula is C27H30ClN15O. The first-order chi connectivity index (χ1) is 21.1. The number of aromatic amines is 2. The number of nitriles is 1. The average molecular weight is 616 g/mol. The van der Waals surface area contributed by atoms with E-state index in [1.165, 1.54) is 0 Å². The molecule has 0 aliphatic carbocycles. The summed E-state index contributed by atoms with van der Waals surface area (Å²) >= 11 is 6.28. The Kier molecular flexibility index (Phi) is 7.39. The molecule has 6 aromatic heterocycles. The van der Waals surface area contributed by atoms with Gasteiger partial charge in [0.25, 0.3) is 0 Å². The Bertz CT molecular complexity index is 2010. The van der Waals surface area contributed by atoms with Gasteiger partial charge in [0.05, 0.1) is 58.4 Å². The molecule has 0 saturated heterocycles. The van der Waals surface area contributed by atoms with E-state index < -0.39 is 5.54 Å². The Balaban J connectivity index is 1.14. The highest BCUT2D eigenvalue weighted by Crippen LogP contribution is 2.30. The summed E-state index contributed by atoms with van der Waals surface area (Å²) in [4.78, 5) is 28.6. The van der Waals surface area contributed by atoms with Crippen LogP contribution in [0.25, 0.3) is 22.2 Å².